The number of benzene rings is 1. The maximum absolute atomic E-state index is 12.2. The number of pyridine rings is 1. The van der Waals surface area contributed by atoms with Crippen LogP contribution in [-0.2, 0) is 21.6 Å². The zero-order chi connectivity index (χ0) is 19.2. The minimum Gasteiger partial charge on any atom is -0.492 e. The van der Waals surface area contributed by atoms with E-state index in [1.807, 2.05) is 12.3 Å². The SMILES string of the molecule is Cn1cc(-c2cc(S(C)(=O)=O)ccc2OCC2COC2)c2cc[nH]c(=O)c21. The largest absolute Gasteiger partial charge is 0.492 e. The molecule has 0 amide bonds. The van der Waals surface area contributed by atoms with Gasteiger partial charge in [0.25, 0.3) is 5.56 Å². The summed E-state index contributed by atoms with van der Waals surface area (Å²) < 4.78 is 37.0. The third-order valence-electron chi connectivity index (χ3n) is 4.75. The number of hydrogen-bond acceptors (Lipinski definition) is 5. The van der Waals surface area contributed by atoms with Crippen molar-refractivity contribution < 1.29 is 17.9 Å². The first-order chi connectivity index (χ1) is 12.8. The first kappa shape index (κ1) is 17.8. The van der Waals surface area contributed by atoms with E-state index >= 15 is 0 Å². The molecule has 0 unspecified atom stereocenters. The second-order valence-corrected chi connectivity index (χ2v) is 8.88. The highest BCUT2D eigenvalue weighted by atomic mass is 32.2. The van der Waals surface area contributed by atoms with Crippen molar-refractivity contribution in [1.82, 2.24) is 9.55 Å². The minimum absolute atomic E-state index is 0.199. The number of aromatic amines is 1. The quantitative estimate of drug-likeness (QED) is 0.722. The fraction of sp³-hybridized carbons (Fsp3) is 0.316. The molecule has 142 valence electrons. The summed E-state index contributed by atoms with van der Waals surface area (Å²) in [6.45, 7) is 1.83. The summed E-state index contributed by atoms with van der Waals surface area (Å²) in [6.07, 6.45) is 4.58. The van der Waals surface area contributed by atoms with Crippen molar-refractivity contribution in [2.45, 2.75) is 4.90 Å². The smallest absolute Gasteiger partial charge is 0.272 e. The monoisotopic (exact) mass is 388 g/mol. The van der Waals surface area contributed by atoms with Crippen LogP contribution in [0, 0.1) is 5.92 Å². The van der Waals surface area contributed by atoms with Gasteiger partial charge in [0, 0.05) is 48.1 Å². The molecule has 0 atom stereocenters. The number of aryl methyl sites for hydroxylation is 1. The number of nitrogens with one attached hydrogen (secondary N) is 1. The van der Waals surface area contributed by atoms with Crippen LogP contribution in [0.5, 0.6) is 5.75 Å². The first-order valence-corrected chi connectivity index (χ1v) is 10.5. The minimum atomic E-state index is -3.38. The van der Waals surface area contributed by atoms with Crippen molar-refractivity contribution in [3.05, 3.63) is 47.0 Å². The van der Waals surface area contributed by atoms with Gasteiger partial charge >= 0.3 is 0 Å². The number of H-pyrrole nitrogens is 1. The van der Waals surface area contributed by atoms with Crippen LogP contribution in [0.2, 0.25) is 0 Å². The Morgan fingerprint density at radius 3 is 2.70 bits per heavy atom. The molecule has 27 heavy (non-hydrogen) atoms. The van der Waals surface area contributed by atoms with Crippen molar-refractivity contribution in [2.75, 3.05) is 26.1 Å². The molecular formula is C19H20N2O5S. The molecule has 3 heterocycles. The van der Waals surface area contributed by atoms with Crippen molar-refractivity contribution in [3.8, 4) is 16.9 Å². The first-order valence-electron chi connectivity index (χ1n) is 8.56. The summed E-state index contributed by atoms with van der Waals surface area (Å²) in [5.74, 6) is 0.921. The van der Waals surface area contributed by atoms with Crippen molar-refractivity contribution in [1.29, 1.82) is 0 Å². The normalized spacial score (nSPS) is 15.0. The Bertz CT molecular complexity index is 1170. The molecule has 4 rings (SSSR count). The molecule has 0 saturated carbocycles. The standard InChI is InChI=1S/C19H20N2O5S/c1-21-8-16(14-5-6-20-19(22)18(14)21)15-7-13(27(2,23)24)3-4-17(15)26-11-12-9-25-10-12/h3-8,12H,9-11H2,1-2H3,(H,20,22). The molecule has 2 aromatic heterocycles. The van der Waals surface area contributed by atoms with Crippen LogP contribution in [0.25, 0.3) is 22.0 Å². The Morgan fingerprint density at radius 2 is 2.04 bits per heavy atom. The Hall–Kier alpha value is -2.58. The van der Waals surface area contributed by atoms with E-state index in [1.54, 1.807) is 36.0 Å². The number of nitrogens with zero attached hydrogens (tertiary/aromatic N) is 1. The zero-order valence-electron chi connectivity index (χ0n) is 15.1. The van der Waals surface area contributed by atoms with E-state index in [1.165, 1.54) is 6.26 Å². The molecule has 7 nitrogen and oxygen atoms in total. The van der Waals surface area contributed by atoms with Gasteiger partial charge in [0.2, 0.25) is 0 Å². The summed E-state index contributed by atoms with van der Waals surface area (Å²) in [6, 6.07) is 6.64. The van der Waals surface area contributed by atoms with Crippen LogP contribution in [0.3, 0.4) is 0 Å². The third-order valence-corrected chi connectivity index (χ3v) is 5.86. The summed E-state index contributed by atoms with van der Waals surface area (Å²) >= 11 is 0. The highest BCUT2D eigenvalue weighted by molar-refractivity contribution is 7.90. The molecule has 0 aliphatic carbocycles. The number of rotatable bonds is 5. The summed E-state index contributed by atoms with van der Waals surface area (Å²) in [7, 11) is -1.59. The molecule has 1 aliphatic rings. The van der Waals surface area contributed by atoms with Crippen LogP contribution in [-0.4, -0.2) is 44.0 Å². The maximum Gasteiger partial charge on any atom is 0.272 e. The zero-order valence-corrected chi connectivity index (χ0v) is 15.9. The second kappa shape index (κ2) is 6.54. The van der Waals surface area contributed by atoms with Crippen LogP contribution < -0.4 is 10.3 Å². The Kier molecular flexibility index (Phi) is 4.32. The Morgan fingerprint density at radius 1 is 1.26 bits per heavy atom. The van der Waals surface area contributed by atoms with Gasteiger partial charge in [-0.25, -0.2) is 8.42 Å². The van der Waals surface area contributed by atoms with E-state index < -0.39 is 9.84 Å². The molecule has 1 saturated heterocycles. The lowest BCUT2D eigenvalue weighted by atomic mass is 10.0. The molecule has 1 aromatic carbocycles. The molecule has 1 aliphatic heterocycles. The predicted octanol–water partition coefficient (Wildman–Crippen LogP) is 1.96. The second-order valence-electron chi connectivity index (χ2n) is 6.87. The molecule has 3 aromatic rings. The molecular weight excluding hydrogens is 368 g/mol. The number of hydrogen-bond donors (Lipinski definition) is 1. The van der Waals surface area contributed by atoms with Crippen LogP contribution in [0.1, 0.15) is 0 Å². The summed E-state index contributed by atoms with van der Waals surface area (Å²) in [5, 5.41) is 0.740. The number of sulfone groups is 1. The van der Waals surface area contributed by atoms with Crippen LogP contribution >= 0.6 is 0 Å². The van der Waals surface area contributed by atoms with Crippen LogP contribution in [0.15, 0.2) is 46.3 Å². The van der Waals surface area contributed by atoms with E-state index in [4.69, 9.17) is 9.47 Å². The van der Waals surface area contributed by atoms with Gasteiger partial charge in [-0.3, -0.25) is 4.79 Å². The van der Waals surface area contributed by atoms with E-state index in [2.05, 4.69) is 4.98 Å². The van der Waals surface area contributed by atoms with E-state index in [9.17, 15) is 13.2 Å². The number of ether oxygens (including phenoxy) is 2. The summed E-state index contributed by atoms with van der Waals surface area (Å²) in [5.41, 5.74) is 1.73. The molecule has 8 heteroatoms. The van der Waals surface area contributed by atoms with Gasteiger partial charge < -0.3 is 19.0 Å². The van der Waals surface area contributed by atoms with Gasteiger partial charge in [-0.15, -0.1) is 0 Å². The third kappa shape index (κ3) is 3.26. The predicted molar refractivity (Wildman–Crippen MR) is 102 cm³/mol. The van der Waals surface area contributed by atoms with Crippen molar-refractivity contribution >= 4 is 20.7 Å². The molecule has 0 spiro atoms. The van der Waals surface area contributed by atoms with Gasteiger partial charge in [-0.2, -0.15) is 0 Å². The van der Waals surface area contributed by atoms with Crippen molar-refractivity contribution in [3.63, 3.8) is 0 Å². The average Bonchev–Trinajstić information content (AvgIpc) is 2.91. The lowest BCUT2D eigenvalue weighted by Crippen LogP contribution is -2.32. The highest BCUT2D eigenvalue weighted by Gasteiger charge is 2.22. The number of aromatic nitrogens is 2. The molecule has 1 N–H and O–H groups in total. The molecule has 0 radical (unpaired) electrons. The number of fused-ring (bicyclic) bond motifs is 1. The fourth-order valence-electron chi connectivity index (χ4n) is 3.24. The van der Waals surface area contributed by atoms with Gasteiger partial charge in [0.1, 0.15) is 11.3 Å². The average molecular weight is 388 g/mol. The fourth-order valence-corrected chi connectivity index (χ4v) is 3.89. The Balaban J connectivity index is 1.89. The van der Waals surface area contributed by atoms with Gasteiger partial charge in [-0.05, 0) is 24.3 Å². The van der Waals surface area contributed by atoms with Crippen molar-refractivity contribution in [2.24, 2.45) is 13.0 Å². The van der Waals surface area contributed by atoms with Gasteiger partial charge in [-0.1, -0.05) is 0 Å². The van der Waals surface area contributed by atoms with E-state index in [0.29, 0.717) is 42.6 Å². The lowest BCUT2D eigenvalue weighted by molar-refractivity contribution is -0.0507. The van der Waals surface area contributed by atoms with E-state index in [-0.39, 0.29) is 10.5 Å². The van der Waals surface area contributed by atoms with Gasteiger partial charge in [0.15, 0.2) is 9.84 Å². The lowest BCUT2D eigenvalue weighted by Gasteiger charge is -2.26. The Labute approximate surface area is 156 Å². The topological polar surface area (TPSA) is 90.4 Å². The van der Waals surface area contributed by atoms with Gasteiger partial charge in [0.05, 0.1) is 24.7 Å². The molecule has 0 bridgehead atoms. The van der Waals surface area contributed by atoms with E-state index in [0.717, 1.165) is 10.9 Å². The summed E-state index contributed by atoms with van der Waals surface area (Å²) in [4.78, 5) is 15.1. The maximum atomic E-state index is 12.2. The molecule has 1 fully saturated rings. The van der Waals surface area contributed by atoms with Crippen LogP contribution in [0.4, 0.5) is 0 Å². The highest BCUT2D eigenvalue weighted by Crippen LogP contribution is 2.37.